The van der Waals surface area contributed by atoms with E-state index < -0.39 is 12.8 Å². The van der Waals surface area contributed by atoms with Crippen molar-refractivity contribution in [3.05, 3.63) is 26.7 Å². The van der Waals surface area contributed by atoms with E-state index in [9.17, 15) is 18.0 Å². The number of alkyl halides is 3. The first-order chi connectivity index (χ1) is 16.7. The molecule has 1 N–H and O–H groups in total. The van der Waals surface area contributed by atoms with E-state index in [2.05, 4.69) is 20.2 Å². The minimum atomic E-state index is -4.35. The van der Waals surface area contributed by atoms with Crippen molar-refractivity contribution in [2.24, 2.45) is 17.8 Å². The Morgan fingerprint density at radius 2 is 2.03 bits per heavy atom. The average molecular weight is 529 g/mol. The van der Waals surface area contributed by atoms with Crippen LogP contribution in [0.4, 0.5) is 13.2 Å². The Labute approximate surface area is 211 Å². The molecule has 5 rings (SSSR count). The number of nitrogens with zero attached hydrogens (tertiary/aromatic N) is 3. The first-order valence-corrected chi connectivity index (χ1v) is 14.0. The molecule has 2 aliphatic carbocycles. The molecule has 2 aromatic rings. The molecule has 0 radical (unpaired) electrons. The summed E-state index contributed by atoms with van der Waals surface area (Å²) in [6.45, 7) is 3.23. The van der Waals surface area contributed by atoms with Gasteiger partial charge in [0.1, 0.15) is 0 Å². The lowest BCUT2D eigenvalue weighted by atomic mass is 9.74. The molecule has 3 aliphatic rings. The summed E-state index contributed by atoms with van der Waals surface area (Å²) in [4.78, 5) is 25.5. The van der Waals surface area contributed by atoms with E-state index >= 15 is 0 Å². The third kappa shape index (κ3) is 6.35. The van der Waals surface area contributed by atoms with Crippen molar-refractivity contribution in [3.8, 4) is 5.19 Å². The maximum absolute atomic E-state index is 12.5. The highest BCUT2D eigenvalue weighted by atomic mass is 32.1. The van der Waals surface area contributed by atoms with Gasteiger partial charge in [-0.2, -0.15) is 13.2 Å². The lowest BCUT2D eigenvalue weighted by molar-refractivity contribution is -0.153. The second kappa shape index (κ2) is 10.3. The summed E-state index contributed by atoms with van der Waals surface area (Å²) in [6, 6.07) is 0.271. The summed E-state index contributed by atoms with van der Waals surface area (Å²) in [5.41, 5.74) is 0.865. The fourth-order valence-electron chi connectivity index (χ4n) is 6.12. The number of nitrogens with one attached hydrogen (secondary N) is 1. The van der Waals surface area contributed by atoms with Crippen molar-refractivity contribution in [2.75, 3.05) is 19.7 Å². The largest absolute Gasteiger partial charge is 0.460 e. The van der Waals surface area contributed by atoms with Crippen LogP contribution in [0.1, 0.15) is 52.6 Å². The Morgan fingerprint density at radius 3 is 2.71 bits per heavy atom. The number of hydrogen-bond acceptors (Lipinski definition) is 7. The van der Waals surface area contributed by atoms with Gasteiger partial charge in [-0.3, -0.25) is 9.69 Å². The average Bonchev–Trinajstić information content (AvgIpc) is 3.45. The number of aryl methyl sites for hydroxylation is 1. The summed E-state index contributed by atoms with van der Waals surface area (Å²) in [7, 11) is 0. The number of fused-ring (bicyclic) bond motifs is 3. The molecule has 2 bridgehead atoms. The standard InChI is InChI=1S/C24H31F3N4O2S2/c1-14-28-11-18(34-14)10-22(32)29-17-8-15-2-3-16(9-17)19(15)4-6-31-7-5-21-20(12-31)30-23(35-21)33-13-24(25,26)27/h11,15-17,19H,2-10,12-13H2,1H3,(H,29,32). The van der Waals surface area contributed by atoms with Crippen LogP contribution in [0.3, 0.4) is 0 Å². The summed E-state index contributed by atoms with van der Waals surface area (Å²) < 4.78 is 42.1. The van der Waals surface area contributed by atoms with Gasteiger partial charge in [-0.25, -0.2) is 9.97 Å². The Balaban J connectivity index is 1.08. The lowest BCUT2D eigenvalue weighted by Crippen LogP contribution is -2.43. The third-order valence-corrected chi connectivity index (χ3v) is 9.57. The fourth-order valence-corrected chi connectivity index (χ4v) is 7.82. The van der Waals surface area contributed by atoms with Gasteiger partial charge in [-0.05, 0) is 69.7 Å². The first-order valence-electron chi connectivity index (χ1n) is 12.3. The molecule has 1 amide bonds. The molecular formula is C24H31F3N4O2S2. The molecule has 11 heteroatoms. The van der Waals surface area contributed by atoms with Gasteiger partial charge < -0.3 is 10.1 Å². The van der Waals surface area contributed by atoms with Gasteiger partial charge in [0.15, 0.2) is 6.61 Å². The maximum atomic E-state index is 12.5. The monoisotopic (exact) mass is 528 g/mol. The molecule has 0 spiro atoms. The van der Waals surface area contributed by atoms with Crippen LogP contribution in [0.15, 0.2) is 6.20 Å². The Hall–Kier alpha value is -1.72. The highest BCUT2D eigenvalue weighted by Gasteiger charge is 2.42. The van der Waals surface area contributed by atoms with Gasteiger partial charge in [0, 0.05) is 35.1 Å². The summed E-state index contributed by atoms with van der Waals surface area (Å²) in [6.07, 6.45) is 4.41. The lowest BCUT2D eigenvalue weighted by Gasteiger charge is -2.37. The number of halogens is 3. The van der Waals surface area contributed by atoms with Gasteiger partial charge in [-0.15, -0.1) is 11.3 Å². The highest BCUT2D eigenvalue weighted by molar-refractivity contribution is 7.13. The quantitative estimate of drug-likeness (QED) is 0.535. The number of hydrogen-bond donors (Lipinski definition) is 1. The highest BCUT2D eigenvalue weighted by Crippen LogP contribution is 2.48. The van der Waals surface area contributed by atoms with Crippen LogP contribution in [0.5, 0.6) is 5.19 Å². The minimum Gasteiger partial charge on any atom is -0.460 e. The van der Waals surface area contributed by atoms with Gasteiger partial charge >= 0.3 is 6.18 Å². The van der Waals surface area contributed by atoms with Gasteiger partial charge in [-0.1, -0.05) is 11.3 Å². The molecule has 6 nitrogen and oxygen atoms in total. The predicted octanol–water partition coefficient (Wildman–Crippen LogP) is 4.76. The number of rotatable bonds is 8. The molecule has 1 aliphatic heterocycles. The minimum absolute atomic E-state index is 0.0995. The Bertz CT molecular complexity index is 1030. The number of aromatic nitrogens is 2. The van der Waals surface area contributed by atoms with Crippen molar-refractivity contribution < 1.29 is 22.7 Å². The molecule has 2 atom stereocenters. The van der Waals surface area contributed by atoms with E-state index in [1.165, 1.54) is 24.2 Å². The zero-order chi connectivity index (χ0) is 24.6. The van der Waals surface area contributed by atoms with Crippen molar-refractivity contribution in [1.82, 2.24) is 20.2 Å². The van der Waals surface area contributed by atoms with Crippen LogP contribution >= 0.6 is 22.7 Å². The summed E-state index contributed by atoms with van der Waals surface area (Å²) >= 11 is 2.82. The SMILES string of the molecule is Cc1ncc(CC(=O)NC2CC3CCC(C2)C3CCN2CCc3sc(OCC(F)(F)F)nc3C2)s1. The molecule has 0 aromatic carbocycles. The van der Waals surface area contributed by atoms with Crippen LogP contribution in [0.2, 0.25) is 0 Å². The van der Waals surface area contributed by atoms with Crippen molar-refractivity contribution in [2.45, 2.75) is 70.6 Å². The third-order valence-electron chi connectivity index (χ3n) is 7.59. The van der Waals surface area contributed by atoms with Crippen molar-refractivity contribution in [3.63, 3.8) is 0 Å². The normalized spacial score (nSPS) is 26.5. The Kier molecular flexibility index (Phi) is 7.37. The molecule has 192 valence electrons. The molecular weight excluding hydrogens is 497 g/mol. The molecule has 2 fully saturated rings. The van der Waals surface area contributed by atoms with E-state index in [-0.39, 0.29) is 17.1 Å². The summed E-state index contributed by atoms with van der Waals surface area (Å²) in [5, 5.41) is 4.39. The van der Waals surface area contributed by atoms with Crippen LogP contribution in [0.25, 0.3) is 0 Å². The van der Waals surface area contributed by atoms with Gasteiger partial charge in [0.05, 0.1) is 17.1 Å². The van der Waals surface area contributed by atoms with Crippen LogP contribution in [-0.2, 0) is 24.2 Å². The topological polar surface area (TPSA) is 67.4 Å². The second-order valence-electron chi connectivity index (χ2n) is 10.1. The predicted molar refractivity (Wildman–Crippen MR) is 129 cm³/mol. The van der Waals surface area contributed by atoms with Crippen molar-refractivity contribution >= 4 is 28.6 Å². The smallest absolute Gasteiger partial charge is 0.422 e. The first kappa shape index (κ1) is 25.0. The zero-order valence-electron chi connectivity index (χ0n) is 19.8. The fraction of sp³-hybridized carbons (Fsp3) is 0.708. The second-order valence-corrected chi connectivity index (χ2v) is 12.5. The number of carbonyl (C=O) groups excluding carboxylic acids is 1. The van der Waals surface area contributed by atoms with E-state index in [1.807, 2.05) is 6.92 Å². The molecule has 2 unspecified atom stereocenters. The van der Waals surface area contributed by atoms with Crippen LogP contribution in [-0.4, -0.2) is 52.7 Å². The summed E-state index contributed by atoms with van der Waals surface area (Å²) in [5.74, 6) is 2.11. The van der Waals surface area contributed by atoms with Crippen LogP contribution in [0, 0.1) is 24.7 Å². The molecule has 3 heterocycles. The number of thiazole rings is 2. The molecule has 0 saturated heterocycles. The van der Waals surface area contributed by atoms with Crippen molar-refractivity contribution in [1.29, 1.82) is 0 Å². The number of carbonyl (C=O) groups is 1. The van der Waals surface area contributed by atoms with E-state index in [4.69, 9.17) is 4.74 Å². The van der Waals surface area contributed by atoms with E-state index in [0.29, 0.717) is 30.7 Å². The van der Waals surface area contributed by atoms with Gasteiger partial charge in [0.25, 0.3) is 5.19 Å². The molecule has 35 heavy (non-hydrogen) atoms. The van der Waals surface area contributed by atoms with E-state index in [0.717, 1.165) is 59.2 Å². The maximum Gasteiger partial charge on any atom is 0.422 e. The zero-order valence-corrected chi connectivity index (χ0v) is 21.4. The van der Waals surface area contributed by atoms with Gasteiger partial charge in [0.2, 0.25) is 5.91 Å². The van der Waals surface area contributed by atoms with E-state index in [1.54, 1.807) is 17.5 Å². The number of ether oxygens (including phenoxy) is 1. The Morgan fingerprint density at radius 1 is 1.26 bits per heavy atom. The molecule has 2 aromatic heterocycles. The molecule has 2 saturated carbocycles. The van der Waals surface area contributed by atoms with Crippen LogP contribution < -0.4 is 10.1 Å². The number of amides is 1.